The number of carbonyl (C=O) groups is 1. The summed E-state index contributed by atoms with van der Waals surface area (Å²) in [5, 5.41) is 1.23. The van der Waals surface area contributed by atoms with Crippen molar-refractivity contribution in [3.05, 3.63) is 41.3 Å². The zero-order valence-corrected chi connectivity index (χ0v) is 14.7. The van der Waals surface area contributed by atoms with Gasteiger partial charge >= 0.3 is 0 Å². The molecule has 0 N–H and O–H groups in total. The minimum Gasteiger partial charge on any atom is -0.490 e. The normalized spacial score (nSPS) is 23.4. The molecule has 0 aromatic heterocycles. The van der Waals surface area contributed by atoms with E-state index in [4.69, 9.17) is 4.74 Å². The van der Waals surface area contributed by atoms with E-state index in [0.29, 0.717) is 13.1 Å². The number of allylic oxidation sites excluding steroid dienone is 1. The van der Waals surface area contributed by atoms with E-state index in [1.54, 1.807) is 6.08 Å². The van der Waals surface area contributed by atoms with Crippen molar-refractivity contribution in [2.24, 2.45) is 5.92 Å². The van der Waals surface area contributed by atoms with Gasteiger partial charge in [-0.3, -0.25) is 4.79 Å². The van der Waals surface area contributed by atoms with Crippen molar-refractivity contribution in [3.63, 3.8) is 0 Å². The summed E-state index contributed by atoms with van der Waals surface area (Å²) in [4.78, 5) is 14.2. The minimum absolute atomic E-state index is 0.0380. The number of hydrogen-bond acceptors (Lipinski definition) is 4. The van der Waals surface area contributed by atoms with Gasteiger partial charge in [0.15, 0.2) is 9.84 Å². The van der Waals surface area contributed by atoms with Crippen LogP contribution in [0.4, 0.5) is 0 Å². The maximum Gasteiger partial charge on any atom is 0.223 e. The van der Waals surface area contributed by atoms with Crippen molar-refractivity contribution in [1.29, 1.82) is 0 Å². The van der Waals surface area contributed by atoms with Crippen molar-refractivity contribution in [2.45, 2.75) is 32.3 Å². The van der Waals surface area contributed by atoms with E-state index in [2.05, 4.69) is 0 Å². The molecule has 0 saturated carbocycles. The number of sulfone groups is 1. The van der Waals surface area contributed by atoms with Gasteiger partial charge in [-0.1, -0.05) is 24.3 Å². The summed E-state index contributed by atoms with van der Waals surface area (Å²) in [7, 11) is -3.09. The number of hydrogen-bond donors (Lipinski definition) is 0. The molecule has 0 radical (unpaired) electrons. The third kappa shape index (κ3) is 4.17. The van der Waals surface area contributed by atoms with Crippen molar-refractivity contribution < 1.29 is 17.9 Å². The maximum absolute atomic E-state index is 12.3. The fraction of sp³-hybridized carbons (Fsp3) is 0.500. The van der Waals surface area contributed by atoms with Crippen LogP contribution in [0.1, 0.15) is 24.8 Å². The van der Waals surface area contributed by atoms with Gasteiger partial charge in [-0.25, -0.2) is 8.42 Å². The second-order valence-corrected chi connectivity index (χ2v) is 8.52. The number of piperidine rings is 1. The highest BCUT2D eigenvalue weighted by atomic mass is 32.2. The Balaban J connectivity index is 1.47. The predicted octanol–water partition coefficient (Wildman–Crippen LogP) is 2.31. The molecule has 0 spiro atoms. The predicted molar refractivity (Wildman–Crippen MR) is 92.4 cm³/mol. The molecule has 1 amide bonds. The number of rotatable bonds is 4. The molecule has 24 heavy (non-hydrogen) atoms. The Bertz CT molecular complexity index is 733. The van der Waals surface area contributed by atoms with Crippen molar-refractivity contribution in [3.8, 4) is 5.75 Å². The Hall–Kier alpha value is -1.82. The van der Waals surface area contributed by atoms with E-state index in [0.717, 1.165) is 24.2 Å². The summed E-state index contributed by atoms with van der Waals surface area (Å²) in [5.41, 5.74) is 1.12. The third-order valence-electron chi connectivity index (χ3n) is 4.62. The molecular weight excluding hydrogens is 326 g/mol. The lowest BCUT2D eigenvalue weighted by molar-refractivity contribution is -0.133. The fourth-order valence-corrected chi connectivity index (χ4v) is 4.61. The Labute approximate surface area is 143 Å². The number of para-hydroxylation sites is 1. The van der Waals surface area contributed by atoms with Crippen molar-refractivity contribution in [2.75, 3.05) is 18.8 Å². The first-order valence-electron chi connectivity index (χ1n) is 8.34. The number of aryl methyl sites for hydroxylation is 1. The molecule has 0 bridgehead atoms. The second-order valence-electron chi connectivity index (χ2n) is 6.59. The van der Waals surface area contributed by atoms with Gasteiger partial charge in [0.05, 0.1) is 5.75 Å². The number of carbonyl (C=O) groups excluding carboxylic acids is 1. The zero-order chi connectivity index (χ0) is 17.2. The van der Waals surface area contributed by atoms with Crippen LogP contribution in [0, 0.1) is 12.8 Å². The summed E-state index contributed by atoms with van der Waals surface area (Å²) in [5.74, 6) is 0.828. The van der Waals surface area contributed by atoms with Gasteiger partial charge in [-0.15, -0.1) is 0 Å². The molecule has 1 saturated heterocycles. The largest absolute Gasteiger partial charge is 0.490 e. The Kier molecular flexibility index (Phi) is 4.94. The van der Waals surface area contributed by atoms with Crippen molar-refractivity contribution in [1.82, 2.24) is 4.90 Å². The van der Waals surface area contributed by atoms with Crippen LogP contribution in [-0.4, -0.2) is 44.2 Å². The van der Waals surface area contributed by atoms with Crippen molar-refractivity contribution >= 4 is 15.7 Å². The van der Waals surface area contributed by atoms with Gasteiger partial charge in [0, 0.05) is 43.7 Å². The number of ether oxygens (including phenoxy) is 1. The highest BCUT2D eigenvalue weighted by Crippen LogP contribution is 2.24. The molecule has 1 fully saturated rings. The van der Waals surface area contributed by atoms with Crippen LogP contribution in [0.25, 0.3) is 0 Å². The number of likely N-dealkylation sites (tertiary alicyclic amines) is 1. The Morgan fingerprint density at radius 2 is 1.96 bits per heavy atom. The first-order valence-corrected chi connectivity index (χ1v) is 10.1. The second kappa shape index (κ2) is 6.97. The lowest BCUT2D eigenvalue weighted by Gasteiger charge is -2.33. The third-order valence-corrected chi connectivity index (χ3v) is 6.09. The summed E-state index contributed by atoms with van der Waals surface area (Å²) < 4.78 is 28.9. The standard InChI is InChI=1S/C18H23NO4S/c1-14-4-2-3-5-17(14)23-16-6-9-19(10-7-16)18(20)12-15-8-11-24(21,22)13-15/h2-5,8,11,15-16H,6-7,9-10,12-13H2,1H3. The topological polar surface area (TPSA) is 63.7 Å². The zero-order valence-electron chi connectivity index (χ0n) is 13.8. The van der Waals surface area contributed by atoms with E-state index in [1.165, 1.54) is 5.41 Å². The molecule has 3 rings (SSSR count). The molecule has 2 aliphatic heterocycles. The fourth-order valence-electron chi connectivity index (χ4n) is 3.21. The number of amides is 1. The Morgan fingerprint density at radius 1 is 1.25 bits per heavy atom. The quantitative estimate of drug-likeness (QED) is 0.837. The first-order chi connectivity index (χ1) is 11.4. The first kappa shape index (κ1) is 17.0. The molecular formula is C18H23NO4S. The van der Waals surface area contributed by atoms with Gasteiger partial charge in [0.2, 0.25) is 5.91 Å². The van der Waals surface area contributed by atoms with E-state index in [1.807, 2.05) is 36.1 Å². The molecule has 1 unspecified atom stereocenters. The lowest BCUT2D eigenvalue weighted by atomic mass is 10.0. The molecule has 1 atom stereocenters. The van der Waals surface area contributed by atoms with Gasteiger partial charge < -0.3 is 9.64 Å². The van der Waals surface area contributed by atoms with Crippen LogP contribution in [0.15, 0.2) is 35.7 Å². The summed E-state index contributed by atoms with van der Waals surface area (Å²) in [6.45, 7) is 3.36. The number of nitrogens with zero attached hydrogens (tertiary/aromatic N) is 1. The van der Waals surface area contributed by atoms with Crippen LogP contribution in [-0.2, 0) is 14.6 Å². The summed E-state index contributed by atoms with van der Waals surface area (Å²) in [6, 6.07) is 7.95. The average molecular weight is 349 g/mol. The van der Waals surface area contributed by atoms with E-state index < -0.39 is 9.84 Å². The minimum atomic E-state index is -3.09. The average Bonchev–Trinajstić information content (AvgIpc) is 2.89. The van der Waals surface area contributed by atoms with Gasteiger partial charge in [0.1, 0.15) is 11.9 Å². The molecule has 1 aromatic rings. The molecule has 2 heterocycles. The van der Waals surface area contributed by atoms with E-state index >= 15 is 0 Å². The van der Waals surface area contributed by atoms with Crippen LogP contribution in [0.2, 0.25) is 0 Å². The van der Waals surface area contributed by atoms with Crippen LogP contribution in [0.3, 0.4) is 0 Å². The van der Waals surface area contributed by atoms with E-state index in [-0.39, 0.29) is 30.1 Å². The van der Waals surface area contributed by atoms with Gasteiger partial charge in [-0.2, -0.15) is 0 Å². The molecule has 130 valence electrons. The molecule has 0 aliphatic carbocycles. The Morgan fingerprint density at radius 3 is 2.58 bits per heavy atom. The molecule has 1 aromatic carbocycles. The van der Waals surface area contributed by atoms with Gasteiger partial charge in [-0.05, 0) is 18.6 Å². The monoisotopic (exact) mass is 349 g/mol. The van der Waals surface area contributed by atoms with Gasteiger partial charge in [0.25, 0.3) is 0 Å². The van der Waals surface area contributed by atoms with Crippen LogP contribution in [0.5, 0.6) is 5.75 Å². The number of benzene rings is 1. The smallest absolute Gasteiger partial charge is 0.223 e. The molecule has 2 aliphatic rings. The summed E-state index contributed by atoms with van der Waals surface area (Å²) >= 11 is 0. The SMILES string of the molecule is Cc1ccccc1OC1CCN(C(=O)CC2C=CS(=O)(=O)C2)CC1. The molecule has 6 heteroatoms. The van der Waals surface area contributed by atoms with Crippen LogP contribution >= 0.6 is 0 Å². The summed E-state index contributed by atoms with van der Waals surface area (Å²) in [6.07, 6.45) is 3.65. The highest BCUT2D eigenvalue weighted by molar-refractivity contribution is 7.94. The molecule has 5 nitrogen and oxygen atoms in total. The van der Waals surface area contributed by atoms with E-state index in [9.17, 15) is 13.2 Å². The maximum atomic E-state index is 12.3. The highest BCUT2D eigenvalue weighted by Gasteiger charge is 2.28. The lowest BCUT2D eigenvalue weighted by Crippen LogP contribution is -2.42. The van der Waals surface area contributed by atoms with Crippen LogP contribution < -0.4 is 4.74 Å².